The van der Waals surface area contributed by atoms with Gasteiger partial charge in [-0.15, -0.1) is 11.3 Å². The van der Waals surface area contributed by atoms with Crippen LogP contribution in [0.25, 0.3) is 10.2 Å². The molecule has 43 heavy (non-hydrogen) atoms. The number of para-hydroxylation sites is 2. The number of rotatable bonds is 8. The summed E-state index contributed by atoms with van der Waals surface area (Å²) in [5.74, 6) is 0.164. The van der Waals surface area contributed by atoms with Crippen LogP contribution >= 0.6 is 11.3 Å². The number of primary amides is 1. The van der Waals surface area contributed by atoms with E-state index in [0.717, 1.165) is 5.56 Å². The van der Waals surface area contributed by atoms with E-state index >= 15 is 0 Å². The molecule has 4 amide bonds. The number of pyridine rings is 1. The molecule has 2 atom stereocenters. The number of carbonyl (C=O) groups is 3. The molecule has 2 aliphatic heterocycles. The van der Waals surface area contributed by atoms with Crippen molar-refractivity contribution in [3.63, 3.8) is 0 Å². The summed E-state index contributed by atoms with van der Waals surface area (Å²) in [5.41, 5.74) is 8.51. The predicted molar refractivity (Wildman–Crippen MR) is 166 cm³/mol. The fraction of sp³-hybridized carbons (Fsp3) is 0.312. The molecule has 0 saturated carbocycles. The summed E-state index contributed by atoms with van der Waals surface area (Å²) >= 11 is 1.17. The number of thiophene rings is 1. The molecule has 222 valence electrons. The topological polar surface area (TPSA) is 118 Å². The molecule has 0 bridgehead atoms. The molecular formula is C32H33N5O5S. The van der Waals surface area contributed by atoms with Crippen LogP contribution in [-0.2, 0) is 9.53 Å². The molecule has 2 aliphatic rings. The Balaban J connectivity index is 1.48. The Bertz CT molecular complexity index is 1720. The van der Waals surface area contributed by atoms with E-state index in [-0.39, 0.29) is 22.7 Å². The number of aryl methyl sites for hydroxylation is 1. The van der Waals surface area contributed by atoms with Gasteiger partial charge in [0.15, 0.2) is 5.75 Å². The minimum atomic E-state index is -0.629. The molecule has 1 unspecified atom stereocenters. The minimum Gasteiger partial charge on any atom is -0.455 e. The molecule has 2 aromatic heterocycles. The summed E-state index contributed by atoms with van der Waals surface area (Å²) < 4.78 is 11.6. The van der Waals surface area contributed by atoms with Crippen molar-refractivity contribution in [3.05, 3.63) is 71.2 Å². The summed E-state index contributed by atoms with van der Waals surface area (Å²) in [7, 11) is 1.57. The smallest absolute Gasteiger partial charge is 0.334 e. The van der Waals surface area contributed by atoms with E-state index in [4.69, 9.17) is 15.2 Å². The lowest BCUT2D eigenvalue weighted by atomic mass is 9.99. The molecule has 0 radical (unpaired) electrons. The van der Waals surface area contributed by atoms with Crippen molar-refractivity contribution in [2.24, 2.45) is 11.7 Å². The second-order valence-corrected chi connectivity index (χ2v) is 12.0. The van der Waals surface area contributed by atoms with Gasteiger partial charge in [-0.25, -0.2) is 9.78 Å². The van der Waals surface area contributed by atoms with E-state index in [0.29, 0.717) is 71.3 Å². The lowest BCUT2D eigenvalue weighted by Crippen LogP contribution is -2.56. The largest absolute Gasteiger partial charge is 0.455 e. The Hall–Kier alpha value is -4.48. The maximum absolute atomic E-state index is 14.8. The highest BCUT2D eigenvalue weighted by molar-refractivity contribution is 7.21. The zero-order chi connectivity index (χ0) is 30.2. The van der Waals surface area contributed by atoms with Gasteiger partial charge >= 0.3 is 6.03 Å². The van der Waals surface area contributed by atoms with Gasteiger partial charge in [0.1, 0.15) is 15.5 Å². The third kappa shape index (κ3) is 5.19. The Kier molecular flexibility index (Phi) is 7.76. The molecule has 1 saturated heterocycles. The van der Waals surface area contributed by atoms with Gasteiger partial charge in [0.05, 0.1) is 41.0 Å². The van der Waals surface area contributed by atoms with Crippen LogP contribution in [0.2, 0.25) is 0 Å². The number of likely N-dealkylation sites (tertiary alicyclic amines) is 1. The van der Waals surface area contributed by atoms with Gasteiger partial charge in [-0.2, -0.15) is 0 Å². The summed E-state index contributed by atoms with van der Waals surface area (Å²) in [5, 5.41) is 0.669. The number of benzene rings is 2. The average Bonchev–Trinajstić information content (AvgIpc) is 3.39. The molecule has 1 fully saturated rings. The molecule has 10 nitrogen and oxygen atoms in total. The number of amides is 4. The molecule has 2 aromatic carbocycles. The lowest BCUT2D eigenvalue weighted by molar-refractivity contribution is -0.137. The van der Waals surface area contributed by atoms with Gasteiger partial charge in [-0.05, 0) is 55.7 Å². The molecule has 4 aromatic rings. The molecule has 0 aliphatic carbocycles. The van der Waals surface area contributed by atoms with E-state index in [1.165, 1.54) is 11.3 Å². The zero-order valence-corrected chi connectivity index (χ0v) is 25.1. The van der Waals surface area contributed by atoms with Gasteiger partial charge in [0, 0.05) is 26.4 Å². The number of carbonyl (C=O) groups excluding carboxylic acids is 3. The van der Waals surface area contributed by atoms with E-state index in [9.17, 15) is 14.4 Å². The van der Waals surface area contributed by atoms with Crippen molar-refractivity contribution in [3.8, 4) is 11.5 Å². The van der Waals surface area contributed by atoms with Crippen LogP contribution in [0.5, 0.6) is 11.5 Å². The van der Waals surface area contributed by atoms with Crippen molar-refractivity contribution in [1.82, 2.24) is 9.88 Å². The molecule has 6 rings (SSSR count). The van der Waals surface area contributed by atoms with Crippen molar-refractivity contribution in [1.29, 1.82) is 0 Å². The first kappa shape index (κ1) is 28.6. The fourth-order valence-corrected chi connectivity index (χ4v) is 6.99. The van der Waals surface area contributed by atoms with Crippen molar-refractivity contribution in [2.75, 3.05) is 36.6 Å². The molecule has 11 heteroatoms. The van der Waals surface area contributed by atoms with Crippen LogP contribution < -0.4 is 20.3 Å². The summed E-state index contributed by atoms with van der Waals surface area (Å²) in [6.07, 6.45) is 2.97. The van der Waals surface area contributed by atoms with Gasteiger partial charge in [-0.3, -0.25) is 19.4 Å². The maximum Gasteiger partial charge on any atom is 0.334 e. The number of methoxy groups -OCH3 is 1. The highest BCUT2D eigenvalue weighted by Crippen LogP contribution is 2.51. The summed E-state index contributed by atoms with van der Waals surface area (Å²) in [6.45, 7) is 5.04. The van der Waals surface area contributed by atoms with Gasteiger partial charge in [0.2, 0.25) is 5.91 Å². The number of urea groups is 1. The highest BCUT2D eigenvalue weighted by atomic mass is 32.1. The molecule has 2 N–H and O–H groups in total. The number of hydrogen-bond donors (Lipinski definition) is 1. The standard InChI is InChI=1S/C32H33N5O5S/c1-19-8-6-10-22(16-19)42-25-12-5-4-11-23(25)37-24-13-14-34-30-26(24)27(28(43-30)29(33)38)36(32(37)40)21-9-7-15-35(17-21)31(39)20(2)18-41-3/h4-6,8,10-14,16,20-21H,7,9,15,17-18H2,1-3H3,(H2,33,38)/t20?,21-/m1/s1. The Morgan fingerprint density at radius 3 is 2.72 bits per heavy atom. The second-order valence-electron chi connectivity index (χ2n) is 11.0. The third-order valence-electron chi connectivity index (χ3n) is 7.88. The van der Waals surface area contributed by atoms with Crippen LogP contribution in [0.1, 0.15) is 35.0 Å². The van der Waals surface area contributed by atoms with E-state index < -0.39 is 11.9 Å². The number of ether oxygens (including phenoxy) is 2. The van der Waals surface area contributed by atoms with Crippen LogP contribution in [-0.4, -0.2) is 60.6 Å². The second kappa shape index (κ2) is 11.7. The van der Waals surface area contributed by atoms with Crippen molar-refractivity contribution in [2.45, 2.75) is 32.7 Å². The Morgan fingerprint density at radius 1 is 1.14 bits per heavy atom. The molecular weight excluding hydrogens is 566 g/mol. The first-order chi connectivity index (χ1) is 20.8. The SMILES string of the molecule is COCC(C)C(=O)N1CCC[C@@H](N2C(=O)N(c3ccccc3Oc3cccc(C)c3)c3ccnc4sc(C(N)=O)c2c34)C1. The first-order valence-electron chi connectivity index (χ1n) is 14.2. The van der Waals surface area contributed by atoms with E-state index in [1.54, 1.807) is 34.1 Å². The van der Waals surface area contributed by atoms with Gasteiger partial charge < -0.3 is 20.1 Å². The quantitative estimate of drug-likeness (QED) is 0.272. The number of nitrogens with two attached hydrogens (primary N) is 1. The monoisotopic (exact) mass is 599 g/mol. The number of hydrogen-bond acceptors (Lipinski definition) is 7. The van der Waals surface area contributed by atoms with Crippen molar-refractivity contribution < 1.29 is 23.9 Å². The number of aromatic nitrogens is 1. The molecule has 0 spiro atoms. The third-order valence-corrected chi connectivity index (χ3v) is 8.98. The average molecular weight is 600 g/mol. The minimum absolute atomic E-state index is 0.0302. The van der Waals surface area contributed by atoms with E-state index in [2.05, 4.69) is 4.98 Å². The fourth-order valence-electron chi connectivity index (χ4n) is 5.99. The number of nitrogens with zero attached hydrogens (tertiary/aromatic N) is 4. The normalized spacial score (nSPS) is 17.3. The lowest BCUT2D eigenvalue weighted by Gasteiger charge is -2.44. The summed E-state index contributed by atoms with van der Waals surface area (Å²) in [6, 6.07) is 16.1. The number of piperidine rings is 1. The Morgan fingerprint density at radius 2 is 1.95 bits per heavy atom. The highest BCUT2D eigenvalue weighted by Gasteiger charge is 2.43. The molecule has 4 heterocycles. The van der Waals surface area contributed by atoms with Gasteiger partial charge in [0.25, 0.3) is 5.91 Å². The van der Waals surface area contributed by atoms with Crippen LogP contribution in [0.15, 0.2) is 60.8 Å². The first-order valence-corrected chi connectivity index (χ1v) is 15.1. The number of anilines is 3. The Labute approximate surface area is 253 Å². The van der Waals surface area contributed by atoms with Crippen LogP contribution in [0.4, 0.5) is 21.9 Å². The maximum atomic E-state index is 14.8. The van der Waals surface area contributed by atoms with Crippen molar-refractivity contribution >= 4 is 56.5 Å². The van der Waals surface area contributed by atoms with E-state index in [1.807, 2.05) is 62.4 Å². The van der Waals surface area contributed by atoms with Crippen LogP contribution in [0, 0.1) is 12.8 Å². The summed E-state index contributed by atoms with van der Waals surface area (Å²) in [4.78, 5) is 51.3. The predicted octanol–water partition coefficient (Wildman–Crippen LogP) is 5.85. The van der Waals surface area contributed by atoms with Crippen LogP contribution in [0.3, 0.4) is 0 Å². The van der Waals surface area contributed by atoms with Gasteiger partial charge in [-0.1, -0.05) is 31.2 Å². The zero-order valence-electron chi connectivity index (χ0n) is 24.3.